The molecule has 1 fully saturated rings. The van der Waals surface area contributed by atoms with Crippen LogP contribution in [0.5, 0.6) is 0 Å². The molecule has 1 aromatic rings. The number of nitrogens with one attached hydrogen (secondary N) is 1. The lowest BCUT2D eigenvalue weighted by Gasteiger charge is -2.25. The van der Waals surface area contributed by atoms with E-state index in [4.69, 9.17) is 5.73 Å². The Bertz CT molecular complexity index is 378. The third kappa shape index (κ3) is 2.83. The lowest BCUT2D eigenvalue weighted by atomic mass is 9.90. The van der Waals surface area contributed by atoms with Crippen molar-refractivity contribution in [3.8, 4) is 0 Å². The first-order chi connectivity index (χ1) is 8.76. The van der Waals surface area contributed by atoms with Gasteiger partial charge in [0, 0.05) is 17.8 Å². The Morgan fingerprint density at radius 2 is 2.28 bits per heavy atom. The van der Waals surface area contributed by atoms with Crippen LogP contribution in [-0.4, -0.2) is 11.5 Å². The smallest absolute Gasteiger partial charge is 0.128 e. The van der Waals surface area contributed by atoms with Gasteiger partial charge in [0.25, 0.3) is 0 Å². The van der Waals surface area contributed by atoms with E-state index in [9.17, 15) is 0 Å². The van der Waals surface area contributed by atoms with E-state index in [0.29, 0.717) is 17.8 Å². The molecule has 1 heterocycles. The highest BCUT2D eigenvalue weighted by molar-refractivity contribution is 5.41. The van der Waals surface area contributed by atoms with Gasteiger partial charge in [0.15, 0.2) is 0 Å². The van der Waals surface area contributed by atoms with Gasteiger partial charge in [-0.1, -0.05) is 32.8 Å². The second kappa shape index (κ2) is 6.19. The molecule has 0 spiro atoms. The molecule has 1 saturated carbocycles. The van der Waals surface area contributed by atoms with Crippen LogP contribution in [0, 0.1) is 11.8 Å². The number of pyridine rings is 1. The van der Waals surface area contributed by atoms with E-state index < -0.39 is 0 Å². The van der Waals surface area contributed by atoms with Crippen LogP contribution in [0.1, 0.15) is 51.1 Å². The molecule has 3 unspecified atom stereocenters. The number of nitrogen functional groups attached to an aromatic ring is 1. The fraction of sp³-hybridized carbons (Fsp3) is 0.667. The quantitative estimate of drug-likeness (QED) is 0.840. The lowest BCUT2D eigenvalue weighted by molar-refractivity contribution is 0.359. The first kappa shape index (κ1) is 13.3. The van der Waals surface area contributed by atoms with E-state index in [-0.39, 0.29) is 0 Å². The molecule has 2 rings (SSSR count). The lowest BCUT2D eigenvalue weighted by Crippen LogP contribution is -2.28. The Hall–Kier alpha value is -1.09. The second-order valence-electron chi connectivity index (χ2n) is 5.36. The minimum absolute atomic E-state index is 0.375. The zero-order valence-electron chi connectivity index (χ0n) is 11.5. The van der Waals surface area contributed by atoms with Gasteiger partial charge in [0.2, 0.25) is 0 Å². The van der Waals surface area contributed by atoms with Crippen molar-refractivity contribution in [3.63, 3.8) is 0 Å². The van der Waals surface area contributed by atoms with E-state index in [1.54, 1.807) is 6.20 Å². The minimum Gasteiger partial charge on any atom is -0.383 e. The molecule has 1 aromatic heterocycles. The predicted octanol–water partition coefficient (Wildman–Crippen LogP) is 3.14. The molecule has 1 aliphatic carbocycles. The highest BCUT2D eigenvalue weighted by Crippen LogP contribution is 2.41. The van der Waals surface area contributed by atoms with Gasteiger partial charge in [-0.05, 0) is 37.3 Å². The molecule has 18 heavy (non-hydrogen) atoms. The Balaban J connectivity index is 2.16. The van der Waals surface area contributed by atoms with Gasteiger partial charge in [0.05, 0.1) is 0 Å². The average Bonchev–Trinajstić information content (AvgIpc) is 2.85. The molecular weight excluding hydrogens is 222 g/mol. The summed E-state index contributed by atoms with van der Waals surface area (Å²) in [5, 5.41) is 3.61. The number of hydrogen-bond acceptors (Lipinski definition) is 3. The molecule has 3 N–H and O–H groups in total. The zero-order chi connectivity index (χ0) is 13.0. The molecule has 3 atom stereocenters. The fourth-order valence-corrected chi connectivity index (χ4v) is 3.23. The maximum Gasteiger partial charge on any atom is 0.128 e. The number of anilines is 1. The van der Waals surface area contributed by atoms with Gasteiger partial charge in [-0.25, -0.2) is 4.98 Å². The first-order valence-corrected chi connectivity index (χ1v) is 7.20. The van der Waals surface area contributed by atoms with Crippen LogP contribution in [0.15, 0.2) is 18.3 Å². The Kier molecular flexibility index (Phi) is 4.59. The largest absolute Gasteiger partial charge is 0.383 e. The molecule has 0 aromatic carbocycles. The third-order valence-electron chi connectivity index (χ3n) is 4.26. The second-order valence-corrected chi connectivity index (χ2v) is 5.36. The number of nitrogens with two attached hydrogens (primary N) is 1. The van der Waals surface area contributed by atoms with Crippen molar-refractivity contribution >= 4 is 5.82 Å². The van der Waals surface area contributed by atoms with Crippen molar-refractivity contribution in [3.05, 3.63) is 23.9 Å². The van der Waals surface area contributed by atoms with Gasteiger partial charge < -0.3 is 11.1 Å². The van der Waals surface area contributed by atoms with Crippen LogP contribution < -0.4 is 11.1 Å². The summed E-state index contributed by atoms with van der Waals surface area (Å²) in [4.78, 5) is 4.23. The monoisotopic (exact) mass is 247 g/mol. The van der Waals surface area contributed by atoms with Crippen LogP contribution in [0.25, 0.3) is 0 Å². The summed E-state index contributed by atoms with van der Waals surface area (Å²) in [6.45, 7) is 5.44. The number of aromatic nitrogens is 1. The van der Waals surface area contributed by atoms with Crippen molar-refractivity contribution in [1.29, 1.82) is 0 Å². The fourth-order valence-electron chi connectivity index (χ4n) is 3.23. The number of rotatable bonds is 5. The third-order valence-corrected chi connectivity index (χ3v) is 4.26. The van der Waals surface area contributed by atoms with E-state index in [0.717, 1.165) is 12.5 Å². The summed E-state index contributed by atoms with van der Waals surface area (Å²) in [7, 11) is 0. The van der Waals surface area contributed by atoms with Crippen molar-refractivity contribution < 1.29 is 0 Å². The number of nitrogens with zero attached hydrogens (tertiary/aromatic N) is 1. The molecule has 100 valence electrons. The van der Waals surface area contributed by atoms with Crippen LogP contribution in [0.3, 0.4) is 0 Å². The molecular formula is C15H25N3. The standard InChI is InChI=1S/C15H25N3/c1-3-11-7-8-12(10-11)14(17-4-2)13-6-5-9-18-15(13)16/h5-6,9,11-12,14,17H,3-4,7-8,10H2,1-2H3,(H2,16,18). The molecule has 0 radical (unpaired) electrons. The summed E-state index contributed by atoms with van der Waals surface area (Å²) in [6, 6.07) is 4.48. The summed E-state index contributed by atoms with van der Waals surface area (Å²) < 4.78 is 0. The van der Waals surface area contributed by atoms with Gasteiger partial charge in [-0.15, -0.1) is 0 Å². The van der Waals surface area contributed by atoms with E-state index in [1.807, 2.05) is 6.07 Å². The van der Waals surface area contributed by atoms with Crippen LogP contribution in [-0.2, 0) is 0 Å². The van der Waals surface area contributed by atoms with Crippen molar-refractivity contribution in [2.24, 2.45) is 11.8 Å². The maximum atomic E-state index is 6.04. The Morgan fingerprint density at radius 3 is 2.89 bits per heavy atom. The summed E-state index contributed by atoms with van der Waals surface area (Å²) >= 11 is 0. The van der Waals surface area contributed by atoms with E-state index >= 15 is 0 Å². The Morgan fingerprint density at radius 1 is 1.44 bits per heavy atom. The Labute approximate surface area is 110 Å². The van der Waals surface area contributed by atoms with Crippen LogP contribution in [0.2, 0.25) is 0 Å². The molecule has 0 aliphatic heterocycles. The average molecular weight is 247 g/mol. The first-order valence-electron chi connectivity index (χ1n) is 7.20. The van der Waals surface area contributed by atoms with Crippen LogP contribution >= 0.6 is 0 Å². The SMILES string of the molecule is CCNC(c1cccnc1N)C1CCC(CC)C1. The van der Waals surface area contributed by atoms with E-state index in [1.165, 1.54) is 31.2 Å². The van der Waals surface area contributed by atoms with Crippen molar-refractivity contribution in [2.45, 2.75) is 45.6 Å². The van der Waals surface area contributed by atoms with Gasteiger partial charge in [0.1, 0.15) is 5.82 Å². The number of hydrogen-bond donors (Lipinski definition) is 2. The predicted molar refractivity (Wildman–Crippen MR) is 76.2 cm³/mol. The summed E-state index contributed by atoms with van der Waals surface area (Å²) in [5.74, 6) is 2.29. The maximum absolute atomic E-state index is 6.04. The van der Waals surface area contributed by atoms with Crippen molar-refractivity contribution in [1.82, 2.24) is 10.3 Å². The van der Waals surface area contributed by atoms with Gasteiger partial charge >= 0.3 is 0 Å². The molecule has 0 amide bonds. The van der Waals surface area contributed by atoms with Crippen molar-refractivity contribution in [2.75, 3.05) is 12.3 Å². The summed E-state index contributed by atoms with van der Waals surface area (Å²) in [5.41, 5.74) is 7.22. The van der Waals surface area contributed by atoms with Gasteiger partial charge in [-0.2, -0.15) is 0 Å². The molecule has 0 bridgehead atoms. The minimum atomic E-state index is 0.375. The summed E-state index contributed by atoms with van der Waals surface area (Å²) in [6.07, 6.45) is 7.07. The van der Waals surface area contributed by atoms with Crippen LogP contribution in [0.4, 0.5) is 5.82 Å². The highest BCUT2D eigenvalue weighted by Gasteiger charge is 2.31. The molecule has 1 aliphatic rings. The molecule has 0 saturated heterocycles. The van der Waals surface area contributed by atoms with Gasteiger partial charge in [-0.3, -0.25) is 0 Å². The zero-order valence-corrected chi connectivity index (χ0v) is 11.5. The highest BCUT2D eigenvalue weighted by atomic mass is 14.9. The normalized spacial score (nSPS) is 25.2. The topological polar surface area (TPSA) is 50.9 Å². The molecule has 3 heteroatoms. The molecule has 3 nitrogen and oxygen atoms in total. The van der Waals surface area contributed by atoms with E-state index in [2.05, 4.69) is 30.2 Å².